The van der Waals surface area contributed by atoms with Crippen molar-refractivity contribution < 1.29 is 0 Å². The van der Waals surface area contributed by atoms with Crippen molar-refractivity contribution in [2.45, 2.75) is 20.3 Å². The van der Waals surface area contributed by atoms with Crippen LogP contribution in [0.2, 0.25) is 0 Å². The first-order valence-corrected chi connectivity index (χ1v) is 8.89. The summed E-state index contributed by atoms with van der Waals surface area (Å²) in [5.74, 6) is 0.713. The van der Waals surface area contributed by atoms with Crippen LogP contribution in [0.5, 0.6) is 0 Å². The van der Waals surface area contributed by atoms with Crippen molar-refractivity contribution in [2.75, 3.05) is 0 Å². The molecule has 0 bridgehead atoms. The van der Waals surface area contributed by atoms with Gasteiger partial charge >= 0.3 is 0 Å². The molecule has 4 aromatic rings. The molecule has 0 spiro atoms. The lowest BCUT2D eigenvalue weighted by atomic mass is 10.1. The van der Waals surface area contributed by atoms with E-state index in [0.29, 0.717) is 5.95 Å². The van der Waals surface area contributed by atoms with Gasteiger partial charge in [0.05, 0.1) is 11.2 Å². The Morgan fingerprint density at radius 1 is 1.00 bits per heavy atom. The second-order valence-electron chi connectivity index (χ2n) is 6.32. The number of hydrogen-bond acceptors (Lipinski definition) is 2. The minimum absolute atomic E-state index is 0.713. The van der Waals surface area contributed by atoms with Gasteiger partial charge in [-0.15, -0.1) is 0 Å². The Labute approximate surface area is 153 Å². The third kappa shape index (κ3) is 2.62. The number of rotatable bonds is 4. The van der Waals surface area contributed by atoms with Crippen LogP contribution >= 0.6 is 0 Å². The molecule has 2 aromatic heterocycles. The van der Waals surface area contributed by atoms with Crippen LogP contribution in [0.1, 0.15) is 23.9 Å². The maximum Gasteiger partial charge on any atom is 0.235 e. The smallest absolute Gasteiger partial charge is 0.235 e. The van der Waals surface area contributed by atoms with E-state index in [1.807, 2.05) is 30.3 Å². The molecule has 0 N–H and O–H groups in total. The molecule has 3 heteroatoms. The summed E-state index contributed by atoms with van der Waals surface area (Å²) in [6.07, 6.45) is 2.78. The predicted octanol–water partition coefficient (Wildman–Crippen LogP) is 5.60. The van der Waals surface area contributed by atoms with Gasteiger partial charge in [0, 0.05) is 27.9 Å². The highest BCUT2D eigenvalue weighted by atomic mass is 15.2. The van der Waals surface area contributed by atoms with E-state index in [1.165, 1.54) is 5.39 Å². The molecule has 0 atom stereocenters. The van der Waals surface area contributed by atoms with E-state index in [2.05, 4.69) is 61.4 Å². The minimum atomic E-state index is 0.713. The maximum atomic E-state index is 4.90. The predicted molar refractivity (Wildman–Crippen MR) is 109 cm³/mol. The first-order chi connectivity index (χ1) is 12.7. The van der Waals surface area contributed by atoms with Crippen LogP contribution in [0.4, 0.5) is 0 Å². The Hall–Kier alpha value is -3.20. The Morgan fingerprint density at radius 2 is 1.73 bits per heavy atom. The third-order valence-electron chi connectivity index (χ3n) is 4.76. The third-order valence-corrected chi connectivity index (χ3v) is 4.76. The number of aromatic nitrogens is 3. The summed E-state index contributed by atoms with van der Waals surface area (Å²) < 4.78 is 2.14. The van der Waals surface area contributed by atoms with Crippen molar-refractivity contribution in [3.63, 3.8) is 0 Å². The fraction of sp³-hybridized carbons (Fsp3) is 0.130. The minimum Gasteiger partial charge on any atom is -0.282 e. The summed E-state index contributed by atoms with van der Waals surface area (Å²) in [7, 11) is 0. The quantitative estimate of drug-likeness (QED) is 0.484. The van der Waals surface area contributed by atoms with E-state index in [0.717, 1.165) is 40.1 Å². The van der Waals surface area contributed by atoms with Gasteiger partial charge in [-0.1, -0.05) is 68.1 Å². The van der Waals surface area contributed by atoms with Gasteiger partial charge in [0.25, 0.3) is 0 Å². The van der Waals surface area contributed by atoms with Crippen molar-refractivity contribution in [2.24, 2.45) is 0 Å². The van der Waals surface area contributed by atoms with Crippen LogP contribution in [-0.4, -0.2) is 14.5 Å². The molecular weight excluding hydrogens is 318 g/mol. The first kappa shape index (κ1) is 16.3. The van der Waals surface area contributed by atoms with E-state index in [9.17, 15) is 0 Å². The highest BCUT2D eigenvalue weighted by Gasteiger charge is 2.16. The molecule has 0 amide bonds. The SMILES string of the molecule is C=Cc1c(C)n(-c2nc(CC)cc(-c3ccccc3)n2)c2ccccc12. The van der Waals surface area contributed by atoms with Gasteiger partial charge in [0.2, 0.25) is 5.95 Å². The first-order valence-electron chi connectivity index (χ1n) is 8.89. The summed E-state index contributed by atoms with van der Waals surface area (Å²) >= 11 is 0. The van der Waals surface area contributed by atoms with Crippen molar-refractivity contribution in [3.8, 4) is 17.2 Å². The van der Waals surface area contributed by atoms with Gasteiger partial charge in [0.15, 0.2) is 0 Å². The van der Waals surface area contributed by atoms with E-state index in [1.54, 1.807) is 0 Å². The monoisotopic (exact) mass is 339 g/mol. The van der Waals surface area contributed by atoms with Gasteiger partial charge in [-0.2, -0.15) is 0 Å². The zero-order valence-electron chi connectivity index (χ0n) is 15.1. The molecule has 0 fully saturated rings. The van der Waals surface area contributed by atoms with Gasteiger partial charge in [-0.3, -0.25) is 4.57 Å². The van der Waals surface area contributed by atoms with Crippen molar-refractivity contribution >= 4 is 17.0 Å². The molecule has 0 saturated heterocycles. The van der Waals surface area contributed by atoms with Crippen molar-refractivity contribution in [1.29, 1.82) is 0 Å². The molecule has 0 unspecified atom stereocenters. The summed E-state index contributed by atoms with van der Waals surface area (Å²) in [5.41, 5.74) is 6.42. The molecule has 0 aliphatic rings. The number of hydrogen-bond donors (Lipinski definition) is 0. The molecule has 0 aliphatic carbocycles. The Kier molecular flexibility index (Phi) is 4.13. The summed E-state index contributed by atoms with van der Waals surface area (Å²) in [4.78, 5) is 9.72. The van der Waals surface area contributed by atoms with E-state index in [-0.39, 0.29) is 0 Å². The van der Waals surface area contributed by atoms with E-state index < -0.39 is 0 Å². The molecule has 0 aliphatic heterocycles. The van der Waals surface area contributed by atoms with Crippen LogP contribution in [0.25, 0.3) is 34.2 Å². The van der Waals surface area contributed by atoms with Crippen LogP contribution < -0.4 is 0 Å². The molecule has 26 heavy (non-hydrogen) atoms. The number of fused-ring (bicyclic) bond motifs is 1. The zero-order chi connectivity index (χ0) is 18.1. The molecule has 2 aromatic carbocycles. The second-order valence-corrected chi connectivity index (χ2v) is 6.32. The van der Waals surface area contributed by atoms with Gasteiger partial charge < -0.3 is 0 Å². The Morgan fingerprint density at radius 3 is 2.46 bits per heavy atom. The average molecular weight is 339 g/mol. The molecule has 2 heterocycles. The average Bonchev–Trinajstić information content (AvgIpc) is 2.99. The van der Waals surface area contributed by atoms with Crippen molar-refractivity contribution in [1.82, 2.24) is 14.5 Å². The lowest BCUT2D eigenvalue weighted by Crippen LogP contribution is -2.06. The Bertz CT molecular complexity index is 1090. The Balaban J connectivity index is 2.01. The summed E-state index contributed by atoms with van der Waals surface area (Å²) in [5, 5.41) is 1.17. The number of para-hydroxylation sites is 1. The lowest BCUT2D eigenvalue weighted by Gasteiger charge is -2.11. The number of benzene rings is 2. The highest BCUT2D eigenvalue weighted by Crippen LogP contribution is 2.29. The van der Waals surface area contributed by atoms with E-state index >= 15 is 0 Å². The fourth-order valence-corrected chi connectivity index (χ4v) is 3.43. The second kappa shape index (κ2) is 6.60. The fourth-order valence-electron chi connectivity index (χ4n) is 3.43. The molecule has 128 valence electrons. The summed E-state index contributed by atoms with van der Waals surface area (Å²) in [6.45, 7) is 8.21. The summed E-state index contributed by atoms with van der Waals surface area (Å²) in [6, 6.07) is 20.7. The normalized spacial score (nSPS) is 11.0. The van der Waals surface area contributed by atoms with E-state index in [4.69, 9.17) is 9.97 Å². The van der Waals surface area contributed by atoms with Crippen LogP contribution in [0.15, 0.2) is 67.2 Å². The highest BCUT2D eigenvalue weighted by molar-refractivity contribution is 5.92. The molecule has 4 rings (SSSR count). The topological polar surface area (TPSA) is 30.7 Å². The number of aryl methyl sites for hydroxylation is 1. The number of nitrogens with zero attached hydrogens (tertiary/aromatic N) is 3. The van der Waals surface area contributed by atoms with Crippen LogP contribution in [0, 0.1) is 6.92 Å². The zero-order valence-corrected chi connectivity index (χ0v) is 15.1. The van der Waals surface area contributed by atoms with Gasteiger partial charge in [-0.25, -0.2) is 9.97 Å². The molecule has 0 radical (unpaired) electrons. The maximum absolute atomic E-state index is 4.90. The molecule has 3 nitrogen and oxygen atoms in total. The van der Waals surface area contributed by atoms with Gasteiger partial charge in [-0.05, 0) is 25.5 Å². The molecule has 0 saturated carbocycles. The van der Waals surface area contributed by atoms with Gasteiger partial charge in [0.1, 0.15) is 0 Å². The lowest BCUT2D eigenvalue weighted by molar-refractivity contribution is 0.891. The standard InChI is InChI=1S/C23H21N3/c1-4-18-15-21(17-11-7-6-8-12-17)25-23(24-18)26-16(3)19(5-2)20-13-9-10-14-22(20)26/h5-15H,2,4H2,1,3H3. The van der Waals surface area contributed by atoms with Crippen LogP contribution in [0.3, 0.4) is 0 Å². The molecular formula is C23H21N3. The largest absolute Gasteiger partial charge is 0.282 e. The van der Waals surface area contributed by atoms with Crippen molar-refractivity contribution in [3.05, 3.63) is 84.2 Å². The van der Waals surface area contributed by atoms with Crippen LogP contribution in [-0.2, 0) is 6.42 Å².